The van der Waals surface area contributed by atoms with Gasteiger partial charge in [-0.3, -0.25) is 4.79 Å². The fourth-order valence-electron chi connectivity index (χ4n) is 2.80. The molecule has 1 aromatic heterocycles. The summed E-state index contributed by atoms with van der Waals surface area (Å²) >= 11 is 7.69. The molecule has 0 saturated heterocycles. The van der Waals surface area contributed by atoms with Crippen LogP contribution in [0, 0.1) is 0 Å². The summed E-state index contributed by atoms with van der Waals surface area (Å²) in [5, 5.41) is 6.68. The molecule has 1 heterocycles. The molecule has 134 valence electrons. The van der Waals surface area contributed by atoms with Crippen LogP contribution in [-0.2, 0) is 11.2 Å². The number of rotatable bonds is 6. The van der Waals surface area contributed by atoms with Crippen LogP contribution in [0.15, 0.2) is 53.9 Å². The van der Waals surface area contributed by atoms with Crippen molar-refractivity contribution in [2.45, 2.75) is 32.7 Å². The Morgan fingerprint density at radius 1 is 1.19 bits per heavy atom. The molecule has 3 aromatic rings. The second kappa shape index (κ2) is 8.47. The average Bonchev–Trinajstić information content (AvgIpc) is 3.10. The van der Waals surface area contributed by atoms with Crippen molar-refractivity contribution < 1.29 is 4.79 Å². The number of carbonyl (C=O) groups is 1. The molecule has 3 rings (SSSR count). The van der Waals surface area contributed by atoms with Crippen molar-refractivity contribution in [3.05, 3.63) is 64.5 Å². The van der Waals surface area contributed by atoms with Gasteiger partial charge in [0.25, 0.3) is 0 Å². The van der Waals surface area contributed by atoms with Gasteiger partial charge >= 0.3 is 0 Å². The van der Waals surface area contributed by atoms with Gasteiger partial charge in [-0.1, -0.05) is 48.0 Å². The highest BCUT2D eigenvalue weighted by atomic mass is 35.5. The Kier molecular flexibility index (Phi) is 6.07. The number of nitrogens with one attached hydrogen (secondary N) is 1. The minimum absolute atomic E-state index is 0.0203. The quantitative estimate of drug-likeness (QED) is 0.602. The molecule has 0 aliphatic heterocycles. The Labute approximate surface area is 163 Å². The molecule has 1 N–H and O–H groups in total. The fourth-order valence-corrected chi connectivity index (χ4v) is 3.82. The second-order valence-corrected chi connectivity index (χ2v) is 7.68. The first-order valence-corrected chi connectivity index (χ1v) is 9.85. The molecule has 0 saturated carbocycles. The van der Waals surface area contributed by atoms with Gasteiger partial charge in [-0.25, -0.2) is 4.98 Å². The van der Waals surface area contributed by atoms with Crippen molar-refractivity contribution in [2.24, 2.45) is 0 Å². The van der Waals surface area contributed by atoms with Crippen LogP contribution >= 0.6 is 22.9 Å². The first-order chi connectivity index (χ1) is 12.5. The number of carbonyl (C=O) groups excluding carboxylic acids is 1. The van der Waals surface area contributed by atoms with Gasteiger partial charge in [-0.15, -0.1) is 11.3 Å². The molecular weight excluding hydrogens is 364 g/mol. The number of aromatic nitrogens is 1. The number of aryl methyl sites for hydroxylation is 1. The van der Waals surface area contributed by atoms with E-state index in [1.165, 1.54) is 5.56 Å². The van der Waals surface area contributed by atoms with Gasteiger partial charge in [-0.05, 0) is 37.5 Å². The van der Waals surface area contributed by atoms with Gasteiger partial charge in [0.15, 0.2) is 0 Å². The maximum absolute atomic E-state index is 11.1. The number of thiazole rings is 1. The van der Waals surface area contributed by atoms with Crippen molar-refractivity contribution in [3.63, 3.8) is 0 Å². The Morgan fingerprint density at radius 2 is 1.96 bits per heavy atom. The summed E-state index contributed by atoms with van der Waals surface area (Å²) in [5.74, 6) is 0.0203. The molecule has 0 spiro atoms. The summed E-state index contributed by atoms with van der Waals surface area (Å²) in [6, 6.07) is 16.4. The zero-order valence-electron chi connectivity index (χ0n) is 14.8. The van der Waals surface area contributed by atoms with Crippen molar-refractivity contribution >= 4 is 28.8 Å². The summed E-state index contributed by atoms with van der Waals surface area (Å²) in [5.41, 5.74) is 4.38. The molecule has 3 nitrogen and oxygen atoms in total. The summed E-state index contributed by atoms with van der Waals surface area (Å²) in [4.78, 5) is 15.8. The van der Waals surface area contributed by atoms with E-state index >= 15 is 0 Å². The van der Waals surface area contributed by atoms with E-state index in [-0.39, 0.29) is 11.9 Å². The minimum atomic E-state index is 0.0203. The van der Waals surface area contributed by atoms with E-state index in [1.807, 2.05) is 31.2 Å². The molecular formula is C21H21ClN2OS. The van der Waals surface area contributed by atoms with Crippen molar-refractivity contribution in [3.8, 4) is 21.8 Å². The van der Waals surface area contributed by atoms with Crippen LogP contribution in [-0.4, -0.2) is 16.9 Å². The molecule has 26 heavy (non-hydrogen) atoms. The first-order valence-electron chi connectivity index (χ1n) is 8.59. The SMILES string of the molecule is CC(=O)N[C@H](C)CCc1ccc(-c2csc(-c3cccc(Cl)c3)n2)cc1. The van der Waals surface area contributed by atoms with Gasteiger partial charge in [0.1, 0.15) is 5.01 Å². The monoisotopic (exact) mass is 384 g/mol. The molecule has 0 fully saturated rings. The summed E-state index contributed by atoms with van der Waals surface area (Å²) in [7, 11) is 0. The van der Waals surface area contributed by atoms with Gasteiger partial charge in [0.2, 0.25) is 5.91 Å². The van der Waals surface area contributed by atoms with E-state index in [1.54, 1.807) is 18.3 Å². The zero-order chi connectivity index (χ0) is 18.5. The number of benzene rings is 2. The van der Waals surface area contributed by atoms with Crippen LogP contribution in [0.3, 0.4) is 0 Å². The third-order valence-corrected chi connectivity index (χ3v) is 5.27. The van der Waals surface area contributed by atoms with Gasteiger partial charge < -0.3 is 5.32 Å². The van der Waals surface area contributed by atoms with Crippen LogP contribution in [0.25, 0.3) is 21.8 Å². The lowest BCUT2D eigenvalue weighted by Gasteiger charge is -2.12. The van der Waals surface area contributed by atoms with Crippen LogP contribution in [0.1, 0.15) is 25.8 Å². The lowest BCUT2D eigenvalue weighted by atomic mass is 10.0. The maximum Gasteiger partial charge on any atom is 0.217 e. The smallest absolute Gasteiger partial charge is 0.217 e. The third-order valence-electron chi connectivity index (χ3n) is 4.14. The molecule has 0 aliphatic carbocycles. The first kappa shape index (κ1) is 18.6. The highest BCUT2D eigenvalue weighted by molar-refractivity contribution is 7.13. The number of hydrogen-bond acceptors (Lipinski definition) is 3. The Balaban J connectivity index is 1.66. The number of hydrogen-bond donors (Lipinski definition) is 1. The average molecular weight is 385 g/mol. The Morgan fingerprint density at radius 3 is 2.65 bits per heavy atom. The van der Waals surface area contributed by atoms with Crippen LogP contribution < -0.4 is 5.32 Å². The van der Waals surface area contributed by atoms with E-state index in [2.05, 4.69) is 35.0 Å². The molecule has 0 bridgehead atoms. The summed E-state index contributed by atoms with van der Waals surface area (Å²) in [6.45, 7) is 3.58. The van der Waals surface area contributed by atoms with Crippen LogP contribution in [0.4, 0.5) is 0 Å². The van der Waals surface area contributed by atoms with Crippen molar-refractivity contribution in [2.75, 3.05) is 0 Å². The number of halogens is 1. The standard InChI is InChI=1S/C21H21ClN2OS/c1-14(23-15(2)25)6-7-16-8-10-17(11-9-16)20-13-26-21(24-20)18-4-3-5-19(22)12-18/h3-5,8-14H,6-7H2,1-2H3,(H,23,25)/t14-/m1/s1. The van der Waals surface area contributed by atoms with Gasteiger partial charge in [0, 0.05) is 34.5 Å². The fraction of sp³-hybridized carbons (Fsp3) is 0.238. The van der Waals surface area contributed by atoms with Crippen LogP contribution in [0.2, 0.25) is 5.02 Å². The second-order valence-electron chi connectivity index (χ2n) is 6.39. The largest absolute Gasteiger partial charge is 0.354 e. The molecule has 0 unspecified atom stereocenters. The maximum atomic E-state index is 11.1. The van der Waals surface area contributed by atoms with Crippen LogP contribution in [0.5, 0.6) is 0 Å². The molecule has 0 radical (unpaired) electrons. The lowest BCUT2D eigenvalue weighted by Crippen LogP contribution is -2.30. The zero-order valence-corrected chi connectivity index (χ0v) is 16.4. The molecule has 1 atom stereocenters. The molecule has 1 amide bonds. The lowest BCUT2D eigenvalue weighted by molar-refractivity contribution is -0.119. The normalized spacial score (nSPS) is 12.0. The number of amides is 1. The highest BCUT2D eigenvalue weighted by Gasteiger charge is 2.08. The molecule has 0 aliphatic rings. The molecule has 2 aromatic carbocycles. The topological polar surface area (TPSA) is 42.0 Å². The van der Waals surface area contributed by atoms with Crippen molar-refractivity contribution in [1.82, 2.24) is 10.3 Å². The van der Waals surface area contributed by atoms with Gasteiger partial charge in [-0.2, -0.15) is 0 Å². The predicted molar refractivity (Wildman–Crippen MR) is 110 cm³/mol. The van der Waals surface area contributed by atoms with E-state index in [9.17, 15) is 4.79 Å². The Bertz CT molecular complexity index is 889. The third kappa shape index (κ3) is 4.93. The highest BCUT2D eigenvalue weighted by Crippen LogP contribution is 2.30. The van der Waals surface area contributed by atoms with E-state index in [4.69, 9.17) is 16.6 Å². The minimum Gasteiger partial charge on any atom is -0.354 e. The number of nitrogens with zero attached hydrogens (tertiary/aromatic N) is 1. The van der Waals surface area contributed by atoms with Gasteiger partial charge in [0.05, 0.1) is 5.69 Å². The summed E-state index contributed by atoms with van der Waals surface area (Å²) < 4.78 is 0. The molecule has 5 heteroatoms. The van der Waals surface area contributed by atoms with E-state index in [0.29, 0.717) is 0 Å². The Hall–Kier alpha value is -2.17. The predicted octanol–water partition coefficient (Wildman–Crippen LogP) is 5.59. The van der Waals surface area contributed by atoms with E-state index in [0.717, 1.165) is 39.7 Å². The summed E-state index contributed by atoms with van der Waals surface area (Å²) in [6.07, 6.45) is 1.86. The van der Waals surface area contributed by atoms with E-state index < -0.39 is 0 Å². The van der Waals surface area contributed by atoms with Crippen molar-refractivity contribution in [1.29, 1.82) is 0 Å².